The molecule has 2 aromatic heterocycles. The van der Waals surface area contributed by atoms with Crippen molar-refractivity contribution in [2.75, 3.05) is 19.0 Å². The molecule has 8 nitrogen and oxygen atoms in total. The Hall–Kier alpha value is -4.33. The zero-order chi connectivity index (χ0) is 23.2. The molecule has 0 bridgehead atoms. The van der Waals surface area contributed by atoms with E-state index in [4.69, 9.17) is 9.15 Å². The zero-order valence-electron chi connectivity index (χ0n) is 18.4. The summed E-state index contributed by atoms with van der Waals surface area (Å²) < 4.78 is 12.5. The first-order valence-electron chi connectivity index (χ1n) is 10.4. The largest absolute Gasteiger partial charge is 0.495 e. The van der Waals surface area contributed by atoms with Gasteiger partial charge in [0.05, 0.1) is 31.3 Å². The number of anilines is 1. The number of aromatic nitrogens is 2. The number of nitrogens with zero attached hydrogens (tertiary/aromatic N) is 3. The Bertz CT molecular complexity index is 1230. The molecule has 0 aliphatic heterocycles. The zero-order valence-corrected chi connectivity index (χ0v) is 18.4. The first kappa shape index (κ1) is 21.9. The van der Waals surface area contributed by atoms with E-state index in [0.717, 1.165) is 11.4 Å². The molecule has 0 spiro atoms. The minimum atomic E-state index is -0.344. The Morgan fingerprint density at radius 2 is 1.85 bits per heavy atom. The van der Waals surface area contributed by atoms with E-state index in [9.17, 15) is 9.59 Å². The molecule has 0 saturated carbocycles. The molecule has 2 amide bonds. The Kier molecular flexibility index (Phi) is 6.54. The molecule has 1 N–H and O–H groups in total. The number of para-hydroxylation sites is 2. The van der Waals surface area contributed by atoms with Gasteiger partial charge in [0.1, 0.15) is 18.1 Å². The third kappa shape index (κ3) is 5.12. The topological polar surface area (TPSA) is 89.6 Å². The second-order valence-corrected chi connectivity index (χ2v) is 7.42. The van der Waals surface area contributed by atoms with Gasteiger partial charge >= 0.3 is 0 Å². The number of nitrogens with one attached hydrogen (secondary N) is 1. The third-order valence-corrected chi connectivity index (χ3v) is 5.12. The van der Waals surface area contributed by atoms with Crippen molar-refractivity contribution < 1.29 is 18.7 Å². The van der Waals surface area contributed by atoms with Crippen LogP contribution in [0.3, 0.4) is 0 Å². The number of aryl methyl sites for hydroxylation is 1. The van der Waals surface area contributed by atoms with Crippen LogP contribution in [-0.4, -0.2) is 40.1 Å². The first-order chi connectivity index (χ1) is 16.0. The van der Waals surface area contributed by atoms with Crippen LogP contribution in [0, 0.1) is 6.92 Å². The van der Waals surface area contributed by atoms with E-state index < -0.39 is 0 Å². The number of methoxy groups -OCH3 is 1. The fourth-order valence-electron chi connectivity index (χ4n) is 3.47. The Morgan fingerprint density at radius 3 is 2.52 bits per heavy atom. The Balaban J connectivity index is 1.53. The van der Waals surface area contributed by atoms with Gasteiger partial charge < -0.3 is 19.4 Å². The van der Waals surface area contributed by atoms with Crippen LogP contribution in [0.15, 0.2) is 83.6 Å². The highest BCUT2D eigenvalue weighted by Crippen LogP contribution is 2.23. The van der Waals surface area contributed by atoms with Crippen molar-refractivity contribution >= 4 is 17.5 Å². The molecule has 33 heavy (non-hydrogen) atoms. The molecule has 0 radical (unpaired) electrons. The molecule has 4 rings (SSSR count). The normalized spacial score (nSPS) is 10.6. The van der Waals surface area contributed by atoms with E-state index in [-0.39, 0.29) is 24.9 Å². The van der Waals surface area contributed by atoms with Crippen LogP contribution < -0.4 is 10.1 Å². The van der Waals surface area contributed by atoms with Crippen molar-refractivity contribution in [3.8, 4) is 11.4 Å². The van der Waals surface area contributed by atoms with Crippen LogP contribution >= 0.6 is 0 Å². The third-order valence-electron chi connectivity index (χ3n) is 5.12. The summed E-state index contributed by atoms with van der Waals surface area (Å²) in [5.74, 6) is 0.491. The van der Waals surface area contributed by atoms with E-state index >= 15 is 0 Å². The van der Waals surface area contributed by atoms with Gasteiger partial charge in [-0.25, -0.2) is 4.68 Å². The van der Waals surface area contributed by atoms with Crippen molar-refractivity contribution in [3.63, 3.8) is 0 Å². The van der Waals surface area contributed by atoms with Crippen LogP contribution in [0.1, 0.15) is 21.8 Å². The van der Waals surface area contributed by atoms with Crippen LogP contribution in [0.4, 0.5) is 5.69 Å². The number of carbonyl (C=O) groups is 2. The van der Waals surface area contributed by atoms with Crippen molar-refractivity contribution in [2.45, 2.75) is 13.5 Å². The summed E-state index contributed by atoms with van der Waals surface area (Å²) in [7, 11) is 1.53. The number of hydrogen-bond acceptors (Lipinski definition) is 5. The molecule has 0 aliphatic carbocycles. The van der Waals surface area contributed by atoms with Gasteiger partial charge in [0.25, 0.3) is 5.91 Å². The van der Waals surface area contributed by atoms with Crippen molar-refractivity contribution in [2.24, 2.45) is 0 Å². The SMILES string of the molecule is COc1ccccc1NC(=O)CN(Cc1ccco1)C(=O)c1ccc(-n2nccc2C)cc1. The maximum atomic E-state index is 13.3. The summed E-state index contributed by atoms with van der Waals surface area (Å²) >= 11 is 0. The molecule has 0 atom stereocenters. The number of furan rings is 1. The summed E-state index contributed by atoms with van der Waals surface area (Å²) in [6, 6.07) is 19.6. The molecular formula is C25H24N4O4. The molecule has 0 saturated heterocycles. The first-order valence-corrected chi connectivity index (χ1v) is 10.4. The molecule has 2 heterocycles. The lowest BCUT2D eigenvalue weighted by atomic mass is 10.1. The average molecular weight is 444 g/mol. The van der Waals surface area contributed by atoms with Crippen LogP contribution in [0.5, 0.6) is 5.75 Å². The quantitative estimate of drug-likeness (QED) is 0.443. The maximum absolute atomic E-state index is 13.3. The highest BCUT2D eigenvalue weighted by Gasteiger charge is 2.21. The molecule has 0 aliphatic rings. The molecule has 8 heteroatoms. The lowest BCUT2D eigenvalue weighted by Crippen LogP contribution is -2.37. The predicted octanol–water partition coefficient (Wildman–Crippen LogP) is 4.06. The van der Waals surface area contributed by atoms with Gasteiger partial charge in [-0.1, -0.05) is 12.1 Å². The summed E-state index contributed by atoms with van der Waals surface area (Å²) in [6.45, 7) is 1.96. The van der Waals surface area contributed by atoms with Gasteiger partial charge in [-0.2, -0.15) is 5.10 Å². The Labute approximate surface area is 191 Å². The van der Waals surface area contributed by atoms with Gasteiger partial charge in [0.15, 0.2) is 0 Å². The molecular weight excluding hydrogens is 420 g/mol. The standard InChI is InChI=1S/C25H24N4O4/c1-18-13-14-26-29(18)20-11-9-19(10-12-20)25(31)28(16-21-6-5-15-33-21)17-24(30)27-22-7-3-4-8-23(22)32-2/h3-15H,16-17H2,1-2H3,(H,27,30). The fourth-order valence-corrected chi connectivity index (χ4v) is 3.47. The number of hydrogen-bond donors (Lipinski definition) is 1. The molecule has 4 aromatic rings. The molecule has 0 unspecified atom stereocenters. The lowest BCUT2D eigenvalue weighted by molar-refractivity contribution is -0.117. The van der Waals surface area contributed by atoms with Crippen molar-refractivity contribution in [1.82, 2.24) is 14.7 Å². The number of benzene rings is 2. The highest BCUT2D eigenvalue weighted by atomic mass is 16.5. The second kappa shape index (κ2) is 9.86. The van der Waals surface area contributed by atoms with E-state index in [2.05, 4.69) is 10.4 Å². The number of amides is 2. The van der Waals surface area contributed by atoms with Gasteiger partial charge in [-0.05, 0) is 61.5 Å². The monoisotopic (exact) mass is 444 g/mol. The lowest BCUT2D eigenvalue weighted by Gasteiger charge is -2.22. The van der Waals surface area contributed by atoms with Crippen LogP contribution in [0.25, 0.3) is 5.69 Å². The molecule has 168 valence electrons. The predicted molar refractivity (Wildman–Crippen MR) is 123 cm³/mol. The fraction of sp³-hybridized carbons (Fsp3) is 0.160. The number of carbonyl (C=O) groups excluding carboxylic acids is 2. The van der Waals surface area contributed by atoms with E-state index in [1.165, 1.54) is 18.3 Å². The Morgan fingerprint density at radius 1 is 1.06 bits per heavy atom. The van der Waals surface area contributed by atoms with Gasteiger partial charge in [0.2, 0.25) is 5.91 Å². The summed E-state index contributed by atoms with van der Waals surface area (Å²) in [4.78, 5) is 27.5. The maximum Gasteiger partial charge on any atom is 0.254 e. The minimum Gasteiger partial charge on any atom is -0.495 e. The van der Waals surface area contributed by atoms with E-state index in [1.807, 2.05) is 31.2 Å². The van der Waals surface area contributed by atoms with Crippen LogP contribution in [0.2, 0.25) is 0 Å². The second-order valence-electron chi connectivity index (χ2n) is 7.42. The average Bonchev–Trinajstić information content (AvgIpc) is 3.50. The number of rotatable bonds is 8. The molecule has 0 fully saturated rings. The summed E-state index contributed by atoms with van der Waals surface area (Å²) in [5, 5.41) is 7.10. The van der Waals surface area contributed by atoms with Gasteiger partial charge in [-0.15, -0.1) is 0 Å². The number of ether oxygens (including phenoxy) is 1. The van der Waals surface area contributed by atoms with E-state index in [1.54, 1.807) is 53.3 Å². The van der Waals surface area contributed by atoms with Crippen LogP contribution in [-0.2, 0) is 11.3 Å². The van der Waals surface area contributed by atoms with Gasteiger partial charge in [-0.3, -0.25) is 9.59 Å². The highest BCUT2D eigenvalue weighted by molar-refractivity contribution is 5.99. The molecule has 2 aromatic carbocycles. The van der Waals surface area contributed by atoms with Gasteiger partial charge in [0, 0.05) is 17.5 Å². The van der Waals surface area contributed by atoms with Crippen molar-refractivity contribution in [3.05, 3.63) is 96.2 Å². The van der Waals surface area contributed by atoms with Crippen molar-refractivity contribution in [1.29, 1.82) is 0 Å². The smallest absolute Gasteiger partial charge is 0.254 e. The minimum absolute atomic E-state index is 0.155. The summed E-state index contributed by atoms with van der Waals surface area (Å²) in [5.41, 5.74) is 2.83. The summed E-state index contributed by atoms with van der Waals surface area (Å²) in [6.07, 6.45) is 3.26. The van der Waals surface area contributed by atoms with E-state index in [0.29, 0.717) is 22.8 Å².